The summed E-state index contributed by atoms with van der Waals surface area (Å²) in [7, 11) is 3.43. The van der Waals surface area contributed by atoms with Crippen LogP contribution in [0.3, 0.4) is 0 Å². The van der Waals surface area contributed by atoms with E-state index in [0.717, 1.165) is 16.9 Å². The molecule has 0 saturated heterocycles. The third-order valence-corrected chi connectivity index (χ3v) is 4.09. The lowest BCUT2D eigenvalue weighted by Crippen LogP contribution is -2.36. The fourth-order valence-electron chi connectivity index (χ4n) is 2.63. The lowest BCUT2D eigenvalue weighted by atomic mass is 9.94. The van der Waals surface area contributed by atoms with Crippen molar-refractivity contribution in [1.29, 1.82) is 0 Å². The Morgan fingerprint density at radius 3 is 2.33 bits per heavy atom. The highest BCUT2D eigenvalue weighted by atomic mass is 35.5. The van der Waals surface area contributed by atoms with Crippen molar-refractivity contribution in [1.82, 2.24) is 4.90 Å². The molecule has 0 heterocycles. The van der Waals surface area contributed by atoms with Crippen LogP contribution in [0, 0.1) is 5.92 Å². The first kappa shape index (κ1) is 20.0. The minimum Gasteiger partial charge on any atom is -0.496 e. The number of benzene rings is 2. The van der Waals surface area contributed by atoms with Gasteiger partial charge in [0.05, 0.1) is 13.0 Å². The Bertz CT molecular complexity index is 649. The number of amides is 1. The van der Waals surface area contributed by atoms with Crippen LogP contribution in [0.5, 0.6) is 5.75 Å². The van der Waals surface area contributed by atoms with E-state index in [1.165, 1.54) is 0 Å². The zero-order valence-electron chi connectivity index (χ0n) is 14.3. The molecular weight excluding hydrogens is 324 g/mol. The van der Waals surface area contributed by atoms with Crippen molar-refractivity contribution in [2.75, 3.05) is 14.2 Å². The molecule has 0 saturated carbocycles. The third kappa shape index (κ3) is 4.73. The number of halogens is 1. The highest BCUT2D eigenvalue weighted by Gasteiger charge is 2.25. The number of hydrogen-bond donors (Lipinski definition) is 1. The van der Waals surface area contributed by atoms with Crippen molar-refractivity contribution < 1.29 is 9.53 Å². The first-order valence-corrected chi connectivity index (χ1v) is 7.72. The molecular formula is C19H25ClN2O2. The van der Waals surface area contributed by atoms with Crippen LogP contribution in [0.25, 0.3) is 0 Å². The largest absolute Gasteiger partial charge is 0.496 e. The van der Waals surface area contributed by atoms with Crippen molar-refractivity contribution in [2.45, 2.75) is 19.5 Å². The van der Waals surface area contributed by atoms with Gasteiger partial charge in [0.25, 0.3) is 0 Å². The van der Waals surface area contributed by atoms with Crippen molar-refractivity contribution in [3.8, 4) is 5.75 Å². The van der Waals surface area contributed by atoms with Gasteiger partial charge in [0.15, 0.2) is 0 Å². The highest BCUT2D eigenvalue weighted by molar-refractivity contribution is 5.85. The average Bonchev–Trinajstić information content (AvgIpc) is 2.61. The van der Waals surface area contributed by atoms with E-state index >= 15 is 0 Å². The van der Waals surface area contributed by atoms with Crippen molar-refractivity contribution in [2.24, 2.45) is 11.7 Å². The molecule has 0 radical (unpaired) electrons. The topological polar surface area (TPSA) is 55.6 Å². The van der Waals surface area contributed by atoms with E-state index in [2.05, 4.69) is 0 Å². The average molecular weight is 349 g/mol. The second kappa shape index (κ2) is 9.30. The van der Waals surface area contributed by atoms with Crippen LogP contribution in [0.15, 0.2) is 54.6 Å². The molecule has 0 bridgehead atoms. The van der Waals surface area contributed by atoms with Gasteiger partial charge in [-0.25, -0.2) is 0 Å². The Morgan fingerprint density at radius 2 is 1.71 bits per heavy atom. The number of methoxy groups -OCH3 is 1. The molecule has 4 nitrogen and oxygen atoms in total. The van der Waals surface area contributed by atoms with Gasteiger partial charge in [-0.1, -0.05) is 55.5 Å². The Hall–Kier alpha value is -2.04. The predicted molar refractivity (Wildman–Crippen MR) is 99.3 cm³/mol. The summed E-state index contributed by atoms with van der Waals surface area (Å²) >= 11 is 0. The number of carbonyl (C=O) groups is 1. The third-order valence-electron chi connectivity index (χ3n) is 4.09. The first-order chi connectivity index (χ1) is 11.0. The van der Waals surface area contributed by atoms with Crippen LogP contribution in [0.4, 0.5) is 0 Å². The highest BCUT2D eigenvalue weighted by Crippen LogP contribution is 2.23. The Kier molecular flexibility index (Phi) is 7.75. The Labute approximate surface area is 150 Å². The van der Waals surface area contributed by atoms with Crippen LogP contribution in [0.1, 0.15) is 24.1 Å². The molecule has 0 aliphatic heterocycles. The lowest BCUT2D eigenvalue weighted by molar-refractivity contribution is -0.134. The van der Waals surface area contributed by atoms with Gasteiger partial charge < -0.3 is 15.4 Å². The molecule has 2 N–H and O–H groups in total. The van der Waals surface area contributed by atoms with E-state index in [1.807, 2.05) is 61.5 Å². The zero-order valence-corrected chi connectivity index (χ0v) is 15.1. The number of nitrogens with two attached hydrogens (primary N) is 1. The van der Waals surface area contributed by atoms with Gasteiger partial charge in [-0.05, 0) is 11.6 Å². The normalized spacial score (nSPS) is 12.7. The fourth-order valence-corrected chi connectivity index (χ4v) is 2.63. The lowest BCUT2D eigenvalue weighted by Gasteiger charge is -2.26. The summed E-state index contributed by atoms with van der Waals surface area (Å²) in [6.45, 7) is 2.37. The summed E-state index contributed by atoms with van der Waals surface area (Å²) in [5.41, 5.74) is 8.20. The Morgan fingerprint density at radius 1 is 1.12 bits per heavy atom. The van der Waals surface area contributed by atoms with Crippen LogP contribution in [-0.4, -0.2) is 25.0 Å². The maximum atomic E-state index is 12.7. The summed E-state index contributed by atoms with van der Waals surface area (Å²) < 4.78 is 5.34. The standard InChI is InChI=1S/C19H24N2O2.ClH/c1-14(18(20)15-9-5-4-6-10-15)19(22)21(2)13-16-11-7-8-12-17(16)23-3;/h4-12,14,18H,13,20H2,1-3H3;1H. The summed E-state index contributed by atoms with van der Waals surface area (Å²) in [6.07, 6.45) is 0. The quantitative estimate of drug-likeness (QED) is 0.870. The monoisotopic (exact) mass is 348 g/mol. The van der Waals surface area contributed by atoms with Crippen molar-refractivity contribution >= 4 is 18.3 Å². The molecule has 0 aliphatic rings. The molecule has 130 valence electrons. The maximum Gasteiger partial charge on any atom is 0.227 e. The van der Waals surface area contributed by atoms with Crippen molar-refractivity contribution in [3.05, 3.63) is 65.7 Å². The van der Waals surface area contributed by atoms with Gasteiger partial charge in [-0.15, -0.1) is 12.4 Å². The number of rotatable bonds is 6. The molecule has 2 unspecified atom stereocenters. The van der Waals surface area contributed by atoms with Crippen molar-refractivity contribution in [3.63, 3.8) is 0 Å². The van der Waals surface area contributed by atoms with Gasteiger partial charge in [0.2, 0.25) is 5.91 Å². The van der Waals surface area contributed by atoms with Gasteiger partial charge >= 0.3 is 0 Å². The van der Waals surface area contributed by atoms with Gasteiger partial charge in [-0.3, -0.25) is 4.79 Å². The van der Waals surface area contributed by atoms with Crippen LogP contribution in [-0.2, 0) is 11.3 Å². The number of hydrogen-bond acceptors (Lipinski definition) is 3. The van der Waals surface area contributed by atoms with E-state index in [0.29, 0.717) is 6.54 Å². The van der Waals surface area contributed by atoms with Crippen LogP contribution in [0.2, 0.25) is 0 Å². The first-order valence-electron chi connectivity index (χ1n) is 7.72. The Balaban J connectivity index is 0.00000288. The van der Waals surface area contributed by atoms with Crippen LogP contribution >= 0.6 is 12.4 Å². The minimum atomic E-state index is -0.316. The summed E-state index contributed by atoms with van der Waals surface area (Å²) in [5, 5.41) is 0. The smallest absolute Gasteiger partial charge is 0.227 e. The number of nitrogens with zero attached hydrogens (tertiary/aromatic N) is 1. The van der Waals surface area contributed by atoms with E-state index in [-0.39, 0.29) is 30.3 Å². The van der Waals surface area contributed by atoms with E-state index in [1.54, 1.807) is 19.1 Å². The molecule has 5 heteroatoms. The molecule has 0 aliphatic carbocycles. The van der Waals surface area contributed by atoms with E-state index in [4.69, 9.17) is 10.5 Å². The molecule has 0 spiro atoms. The van der Waals surface area contributed by atoms with Crippen LogP contribution < -0.4 is 10.5 Å². The molecule has 2 rings (SSSR count). The molecule has 0 aromatic heterocycles. The summed E-state index contributed by atoms with van der Waals surface area (Å²) in [6, 6.07) is 17.1. The van der Waals surface area contributed by atoms with Gasteiger partial charge in [0.1, 0.15) is 5.75 Å². The molecule has 0 fully saturated rings. The number of ether oxygens (including phenoxy) is 1. The fraction of sp³-hybridized carbons (Fsp3) is 0.316. The number of para-hydroxylation sites is 1. The molecule has 2 atom stereocenters. The van der Waals surface area contributed by atoms with Gasteiger partial charge in [0, 0.05) is 25.2 Å². The molecule has 24 heavy (non-hydrogen) atoms. The second-order valence-electron chi connectivity index (χ2n) is 5.73. The second-order valence-corrected chi connectivity index (χ2v) is 5.73. The van der Waals surface area contributed by atoms with E-state index in [9.17, 15) is 4.79 Å². The molecule has 2 aromatic rings. The minimum absolute atomic E-state index is 0. The molecule has 2 aromatic carbocycles. The summed E-state index contributed by atoms with van der Waals surface area (Å²) in [4.78, 5) is 14.4. The zero-order chi connectivity index (χ0) is 16.8. The molecule has 1 amide bonds. The summed E-state index contributed by atoms with van der Waals surface area (Å²) in [5.74, 6) is 0.511. The SMILES string of the molecule is COc1ccccc1CN(C)C(=O)C(C)C(N)c1ccccc1.Cl. The van der Waals surface area contributed by atoms with E-state index < -0.39 is 0 Å². The predicted octanol–water partition coefficient (Wildman–Crippen LogP) is 3.41. The number of carbonyl (C=O) groups excluding carboxylic acids is 1. The van der Waals surface area contributed by atoms with Gasteiger partial charge in [-0.2, -0.15) is 0 Å². The maximum absolute atomic E-state index is 12.7.